The number of hydrazone groups is 1. The van der Waals surface area contributed by atoms with Gasteiger partial charge in [0, 0.05) is 5.56 Å². The molecular weight excluding hydrogens is 298 g/mol. The van der Waals surface area contributed by atoms with E-state index in [1.165, 1.54) is 6.21 Å². The minimum Gasteiger partial charge on any atom is -0.506 e. The number of aromatic hydroxyl groups is 1. The van der Waals surface area contributed by atoms with Crippen molar-refractivity contribution in [2.45, 2.75) is 0 Å². The number of hydrogen-bond acceptors (Lipinski definition) is 3. The molecule has 0 bridgehead atoms. The predicted molar refractivity (Wildman–Crippen MR) is 73.6 cm³/mol. The van der Waals surface area contributed by atoms with Gasteiger partial charge in [0.1, 0.15) is 5.75 Å². The summed E-state index contributed by atoms with van der Waals surface area (Å²) in [4.78, 5) is 10.5. The van der Waals surface area contributed by atoms with Gasteiger partial charge in [-0.3, -0.25) is 0 Å². The number of phenols is 1. The molecule has 0 saturated carbocycles. The lowest BCUT2D eigenvalue weighted by Crippen LogP contribution is -2.24. The highest BCUT2D eigenvalue weighted by Gasteiger charge is 2.09. The van der Waals surface area contributed by atoms with Crippen LogP contribution in [-0.4, -0.2) is 17.4 Å². The van der Waals surface area contributed by atoms with E-state index < -0.39 is 6.03 Å². The van der Waals surface area contributed by atoms with Crippen molar-refractivity contribution in [1.82, 2.24) is 5.43 Å². The Bertz CT molecular complexity index is 641. The molecule has 92 valence electrons. The Morgan fingerprint density at radius 3 is 2.89 bits per heavy atom. The number of halogens is 1. The Balaban J connectivity index is 2.56. The van der Waals surface area contributed by atoms with Crippen molar-refractivity contribution in [3.05, 3.63) is 40.4 Å². The average molecular weight is 308 g/mol. The van der Waals surface area contributed by atoms with Gasteiger partial charge in [-0.2, -0.15) is 5.10 Å². The van der Waals surface area contributed by atoms with Crippen LogP contribution in [-0.2, 0) is 0 Å². The molecule has 0 saturated heterocycles. The summed E-state index contributed by atoms with van der Waals surface area (Å²) in [5.41, 5.74) is 7.50. The van der Waals surface area contributed by atoms with Crippen LogP contribution in [0, 0.1) is 0 Å². The summed E-state index contributed by atoms with van der Waals surface area (Å²) in [6.45, 7) is 0. The molecule has 2 aromatic carbocycles. The van der Waals surface area contributed by atoms with Crippen molar-refractivity contribution in [3.8, 4) is 5.75 Å². The summed E-state index contributed by atoms with van der Waals surface area (Å²) in [5.74, 6) is 0.0590. The number of fused-ring (bicyclic) bond motifs is 1. The van der Waals surface area contributed by atoms with Crippen molar-refractivity contribution < 1.29 is 9.90 Å². The maximum atomic E-state index is 10.5. The first-order valence-corrected chi connectivity index (χ1v) is 5.87. The fraction of sp³-hybridized carbons (Fsp3) is 0. The van der Waals surface area contributed by atoms with Crippen LogP contribution in [0.2, 0.25) is 0 Å². The van der Waals surface area contributed by atoms with E-state index in [4.69, 9.17) is 5.73 Å². The van der Waals surface area contributed by atoms with Gasteiger partial charge in [0.15, 0.2) is 0 Å². The summed E-state index contributed by atoms with van der Waals surface area (Å²) >= 11 is 3.26. The van der Waals surface area contributed by atoms with Crippen LogP contribution in [0.4, 0.5) is 4.79 Å². The van der Waals surface area contributed by atoms with E-state index in [0.717, 1.165) is 10.8 Å². The van der Waals surface area contributed by atoms with Gasteiger partial charge in [-0.15, -0.1) is 0 Å². The molecule has 0 atom stereocenters. The lowest BCUT2D eigenvalue weighted by atomic mass is 10.0. The number of nitrogens with zero attached hydrogens (tertiary/aromatic N) is 1. The monoisotopic (exact) mass is 307 g/mol. The Morgan fingerprint density at radius 2 is 2.17 bits per heavy atom. The van der Waals surface area contributed by atoms with Gasteiger partial charge in [0.05, 0.1) is 10.7 Å². The molecule has 2 aromatic rings. The number of phenolic OH excluding ortho intramolecular Hbond substituents is 1. The van der Waals surface area contributed by atoms with E-state index in [1.807, 2.05) is 30.3 Å². The first-order valence-electron chi connectivity index (χ1n) is 5.08. The van der Waals surface area contributed by atoms with Gasteiger partial charge in [0.2, 0.25) is 0 Å². The zero-order chi connectivity index (χ0) is 13.1. The number of amides is 2. The standard InChI is InChI=1S/C12H10BrN3O2/c13-10-5-7-3-1-2-4-8(7)9(11(10)17)6-15-16-12(14)18/h1-6,17H,(H3,14,16,18). The molecule has 0 aliphatic heterocycles. The van der Waals surface area contributed by atoms with Crippen molar-refractivity contribution in [2.75, 3.05) is 0 Å². The van der Waals surface area contributed by atoms with E-state index in [0.29, 0.717) is 10.0 Å². The molecule has 0 unspecified atom stereocenters. The van der Waals surface area contributed by atoms with Crippen molar-refractivity contribution in [1.29, 1.82) is 0 Å². The molecule has 0 radical (unpaired) electrons. The molecule has 2 amide bonds. The van der Waals surface area contributed by atoms with E-state index >= 15 is 0 Å². The largest absolute Gasteiger partial charge is 0.506 e. The maximum Gasteiger partial charge on any atom is 0.332 e. The minimum atomic E-state index is -0.759. The zero-order valence-corrected chi connectivity index (χ0v) is 10.8. The Kier molecular flexibility index (Phi) is 3.47. The quantitative estimate of drug-likeness (QED) is 0.587. The van der Waals surface area contributed by atoms with Crippen molar-refractivity contribution >= 4 is 38.9 Å². The molecule has 0 aromatic heterocycles. The van der Waals surface area contributed by atoms with E-state index in [2.05, 4.69) is 26.5 Å². The molecular formula is C12H10BrN3O2. The third-order valence-electron chi connectivity index (χ3n) is 2.38. The Hall–Kier alpha value is -2.08. The van der Waals surface area contributed by atoms with Gasteiger partial charge in [-0.1, -0.05) is 24.3 Å². The summed E-state index contributed by atoms with van der Waals surface area (Å²) in [5, 5.41) is 15.4. The van der Waals surface area contributed by atoms with Crippen LogP contribution in [0.25, 0.3) is 10.8 Å². The van der Waals surface area contributed by atoms with Gasteiger partial charge >= 0.3 is 6.03 Å². The highest BCUT2D eigenvalue weighted by atomic mass is 79.9. The molecule has 0 aliphatic rings. The van der Waals surface area contributed by atoms with Crippen molar-refractivity contribution in [2.24, 2.45) is 10.8 Å². The van der Waals surface area contributed by atoms with Crippen molar-refractivity contribution in [3.63, 3.8) is 0 Å². The van der Waals surface area contributed by atoms with Crippen LogP contribution in [0.3, 0.4) is 0 Å². The third kappa shape index (κ3) is 2.43. The van der Waals surface area contributed by atoms with Crippen LogP contribution in [0.15, 0.2) is 39.9 Å². The second kappa shape index (κ2) is 5.05. The van der Waals surface area contributed by atoms with E-state index in [-0.39, 0.29) is 5.75 Å². The zero-order valence-electron chi connectivity index (χ0n) is 9.22. The van der Waals surface area contributed by atoms with E-state index in [9.17, 15) is 9.90 Å². The summed E-state index contributed by atoms with van der Waals surface area (Å²) in [7, 11) is 0. The first-order chi connectivity index (χ1) is 8.59. The number of carbonyl (C=O) groups excluding carboxylic acids is 1. The van der Waals surface area contributed by atoms with Crippen LogP contribution >= 0.6 is 15.9 Å². The van der Waals surface area contributed by atoms with E-state index in [1.54, 1.807) is 0 Å². The fourth-order valence-corrected chi connectivity index (χ4v) is 2.08. The molecule has 0 heterocycles. The number of nitrogens with one attached hydrogen (secondary N) is 1. The second-order valence-corrected chi connectivity index (χ2v) is 4.43. The number of carbonyl (C=O) groups is 1. The normalized spacial score (nSPS) is 10.9. The smallest absolute Gasteiger partial charge is 0.332 e. The topological polar surface area (TPSA) is 87.7 Å². The molecule has 6 heteroatoms. The number of urea groups is 1. The maximum absolute atomic E-state index is 10.5. The molecule has 5 nitrogen and oxygen atoms in total. The lowest BCUT2D eigenvalue weighted by Gasteiger charge is -2.07. The molecule has 18 heavy (non-hydrogen) atoms. The molecule has 0 fully saturated rings. The average Bonchev–Trinajstić information content (AvgIpc) is 2.33. The number of primary amides is 1. The lowest BCUT2D eigenvalue weighted by molar-refractivity contribution is 0.249. The van der Waals surface area contributed by atoms with Crippen LogP contribution in [0.5, 0.6) is 5.75 Å². The predicted octanol–water partition coefficient (Wildman–Crippen LogP) is 2.31. The Morgan fingerprint density at radius 1 is 1.44 bits per heavy atom. The number of hydrogen-bond donors (Lipinski definition) is 3. The molecule has 4 N–H and O–H groups in total. The summed E-state index contributed by atoms with van der Waals surface area (Å²) in [6.07, 6.45) is 1.35. The minimum absolute atomic E-state index is 0.0590. The van der Waals surface area contributed by atoms with Gasteiger partial charge in [-0.25, -0.2) is 10.2 Å². The molecule has 2 rings (SSSR count). The third-order valence-corrected chi connectivity index (χ3v) is 2.99. The molecule has 0 aliphatic carbocycles. The van der Waals surface area contributed by atoms with Crippen LogP contribution in [0.1, 0.15) is 5.56 Å². The van der Waals surface area contributed by atoms with Gasteiger partial charge in [0.25, 0.3) is 0 Å². The summed E-state index contributed by atoms with van der Waals surface area (Å²) < 4.78 is 0.557. The highest BCUT2D eigenvalue weighted by Crippen LogP contribution is 2.33. The number of nitrogens with two attached hydrogens (primary N) is 1. The first kappa shape index (κ1) is 12.4. The van der Waals surface area contributed by atoms with Gasteiger partial charge < -0.3 is 10.8 Å². The fourth-order valence-electron chi connectivity index (χ4n) is 1.62. The Labute approximate surface area is 111 Å². The number of benzene rings is 2. The molecule has 0 spiro atoms. The SMILES string of the molecule is NC(=O)NN=Cc1c(O)c(Br)cc2ccccc12. The highest BCUT2D eigenvalue weighted by molar-refractivity contribution is 9.10. The van der Waals surface area contributed by atoms with Gasteiger partial charge in [-0.05, 0) is 32.8 Å². The van der Waals surface area contributed by atoms with Crippen LogP contribution < -0.4 is 11.2 Å². The summed E-state index contributed by atoms with van der Waals surface area (Å²) in [6, 6.07) is 8.57. The number of rotatable bonds is 2. The second-order valence-electron chi connectivity index (χ2n) is 3.58.